The number of nitrogens with two attached hydrogens (primary N) is 1. The van der Waals surface area contributed by atoms with E-state index in [0.717, 1.165) is 5.56 Å². The van der Waals surface area contributed by atoms with Gasteiger partial charge in [0.2, 0.25) is 0 Å². The summed E-state index contributed by atoms with van der Waals surface area (Å²) in [5.41, 5.74) is 6.09. The molecule has 1 aromatic carbocycles. The lowest BCUT2D eigenvalue weighted by molar-refractivity contribution is -0.138. The van der Waals surface area contributed by atoms with Crippen LogP contribution in [-0.2, 0) is 11.2 Å². The first kappa shape index (κ1) is 14.3. The lowest BCUT2D eigenvalue weighted by Crippen LogP contribution is -2.40. The van der Waals surface area contributed by atoms with Crippen molar-refractivity contribution in [3.05, 3.63) is 23.8 Å². The number of hydrogen-bond donors (Lipinski definition) is 2. The number of aliphatic carboxylic acids is 1. The highest BCUT2D eigenvalue weighted by atomic mass is 16.5. The smallest absolute Gasteiger partial charge is 0.305 e. The van der Waals surface area contributed by atoms with Crippen molar-refractivity contribution in [2.45, 2.75) is 25.3 Å². The van der Waals surface area contributed by atoms with Gasteiger partial charge in [-0.1, -0.05) is 6.07 Å². The Kier molecular flexibility index (Phi) is 4.55. The second-order valence-electron chi connectivity index (χ2n) is 4.59. The Morgan fingerprint density at radius 2 is 1.94 bits per heavy atom. The molecule has 1 aromatic rings. The molecule has 1 atom stereocenters. The molecule has 0 heterocycles. The van der Waals surface area contributed by atoms with E-state index in [4.69, 9.17) is 20.3 Å². The van der Waals surface area contributed by atoms with E-state index in [1.807, 2.05) is 12.1 Å². The molecule has 18 heavy (non-hydrogen) atoms. The molecule has 0 aliphatic carbocycles. The maximum atomic E-state index is 10.7. The minimum atomic E-state index is -0.902. The van der Waals surface area contributed by atoms with Crippen LogP contribution in [0.2, 0.25) is 0 Å². The van der Waals surface area contributed by atoms with Crippen LogP contribution < -0.4 is 15.2 Å². The maximum absolute atomic E-state index is 10.7. The average Bonchev–Trinajstić information content (AvgIpc) is 2.26. The fraction of sp³-hybridized carbons (Fsp3) is 0.462. The predicted octanol–water partition coefficient (Wildman–Crippen LogP) is 1.44. The summed E-state index contributed by atoms with van der Waals surface area (Å²) in [5.74, 6) is 0.347. The van der Waals surface area contributed by atoms with Crippen LogP contribution in [0.25, 0.3) is 0 Å². The van der Waals surface area contributed by atoms with Crippen molar-refractivity contribution in [1.82, 2.24) is 0 Å². The Balaban J connectivity index is 2.88. The van der Waals surface area contributed by atoms with Crippen LogP contribution in [0.15, 0.2) is 18.2 Å². The molecule has 1 unspecified atom stereocenters. The SMILES string of the molecule is COc1ccc(CC(C)(N)CC(=O)O)cc1OC. The summed E-state index contributed by atoms with van der Waals surface area (Å²) in [6, 6.07) is 5.45. The van der Waals surface area contributed by atoms with Gasteiger partial charge in [-0.3, -0.25) is 4.79 Å². The van der Waals surface area contributed by atoms with Crippen LogP contribution >= 0.6 is 0 Å². The van der Waals surface area contributed by atoms with Gasteiger partial charge in [0, 0.05) is 5.54 Å². The number of hydrogen-bond acceptors (Lipinski definition) is 4. The molecule has 0 saturated heterocycles. The molecule has 5 nitrogen and oxygen atoms in total. The van der Waals surface area contributed by atoms with Crippen molar-refractivity contribution in [1.29, 1.82) is 0 Å². The van der Waals surface area contributed by atoms with Crippen LogP contribution in [0.5, 0.6) is 11.5 Å². The molecule has 0 saturated carbocycles. The van der Waals surface area contributed by atoms with Gasteiger partial charge in [-0.15, -0.1) is 0 Å². The summed E-state index contributed by atoms with van der Waals surface area (Å²) in [6.45, 7) is 1.72. The van der Waals surface area contributed by atoms with Gasteiger partial charge < -0.3 is 20.3 Å². The molecule has 0 aliphatic rings. The van der Waals surface area contributed by atoms with E-state index < -0.39 is 11.5 Å². The third-order valence-corrected chi connectivity index (χ3v) is 2.61. The number of carbonyl (C=O) groups is 1. The van der Waals surface area contributed by atoms with Gasteiger partial charge in [0.1, 0.15) is 0 Å². The highest BCUT2D eigenvalue weighted by Gasteiger charge is 2.23. The molecule has 0 radical (unpaired) electrons. The highest BCUT2D eigenvalue weighted by Crippen LogP contribution is 2.29. The van der Waals surface area contributed by atoms with E-state index in [1.54, 1.807) is 27.2 Å². The van der Waals surface area contributed by atoms with Gasteiger partial charge in [0.15, 0.2) is 11.5 Å². The van der Waals surface area contributed by atoms with Gasteiger partial charge in [-0.25, -0.2) is 0 Å². The van der Waals surface area contributed by atoms with Crippen molar-refractivity contribution < 1.29 is 19.4 Å². The first-order chi connectivity index (χ1) is 8.38. The number of benzene rings is 1. The minimum Gasteiger partial charge on any atom is -0.493 e. The Hall–Kier alpha value is -1.75. The fourth-order valence-corrected chi connectivity index (χ4v) is 1.86. The summed E-state index contributed by atoms with van der Waals surface area (Å²) in [6.07, 6.45) is 0.376. The third-order valence-electron chi connectivity index (χ3n) is 2.61. The third kappa shape index (κ3) is 3.92. The molecule has 0 aromatic heterocycles. The van der Waals surface area contributed by atoms with Crippen LogP contribution in [0.1, 0.15) is 18.9 Å². The molecule has 1 rings (SSSR count). The molecular weight excluding hydrogens is 234 g/mol. The summed E-state index contributed by atoms with van der Waals surface area (Å²) >= 11 is 0. The number of rotatable bonds is 6. The first-order valence-corrected chi connectivity index (χ1v) is 5.59. The summed E-state index contributed by atoms with van der Waals surface area (Å²) in [7, 11) is 3.12. The second-order valence-corrected chi connectivity index (χ2v) is 4.59. The lowest BCUT2D eigenvalue weighted by atomic mass is 9.90. The molecule has 0 amide bonds. The standard InChI is InChI=1S/C13H19NO4/c1-13(14,8-12(15)16)7-9-4-5-10(17-2)11(6-9)18-3/h4-6H,7-8,14H2,1-3H3,(H,15,16). The summed E-state index contributed by atoms with van der Waals surface area (Å²) in [5, 5.41) is 8.79. The van der Waals surface area contributed by atoms with Crippen molar-refractivity contribution in [2.24, 2.45) is 5.73 Å². The quantitative estimate of drug-likeness (QED) is 0.801. The van der Waals surface area contributed by atoms with E-state index in [-0.39, 0.29) is 6.42 Å². The zero-order valence-electron chi connectivity index (χ0n) is 10.9. The zero-order chi connectivity index (χ0) is 13.8. The van der Waals surface area contributed by atoms with Crippen molar-refractivity contribution >= 4 is 5.97 Å². The number of methoxy groups -OCH3 is 2. The van der Waals surface area contributed by atoms with Crippen molar-refractivity contribution in [3.8, 4) is 11.5 Å². The minimum absolute atomic E-state index is 0.0820. The van der Waals surface area contributed by atoms with Crippen LogP contribution in [0.4, 0.5) is 0 Å². The molecule has 5 heteroatoms. The molecule has 3 N–H and O–H groups in total. The van der Waals surface area contributed by atoms with Gasteiger partial charge in [0.25, 0.3) is 0 Å². The van der Waals surface area contributed by atoms with Crippen LogP contribution in [0.3, 0.4) is 0 Å². The average molecular weight is 253 g/mol. The fourth-order valence-electron chi connectivity index (χ4n) is 1.86. The predicted molar refractivity (Wildman–Crippen MR) is 68.1 cm³/mol. The number of carboxylic acid groups (broad SMARTS) is 1. The van der Waals surface area contributed by atoms with E-state index in [1.165, 1.54) is 0 Å². The van der Waals surface area contributed by atoms with E-state index in [9.17, 15) is 4.79 Å². The number of ether oxygens (including phenoxy) is 2. The Morgan fingerprint density at radius 3 is 2.44 bits per heavy atom. The summed E-state index contributed by atoms with van der Waals surface area (Å²) in [4.78, 5) is 10.7. The Labute approximate surface area is 107 Å². The van der Waals surface area contributed by atoms with E-state index in [2.05, 4.69) is 0 Å². The van der Waals surface area contributed by atoms with E-state index >= 15 is 0 Å². The topological polar surface area (TPSA) is 81.8 Å². The molecular formula is C13H19NO4. The molecule has 0 aliphatic heterocycles. The maximum Gasteiger partial charge on any atom is 0.305 e. The van der Waals surface area contributed by atoms with E-state index in [0.29, 0.717) is 17.9 Å². The summed E-state index contributed by atoms with van der Waals surface area (Å²) < 4.78 is 10.3. The second kappa shape index (κ2) is 5.73. The molecule has 0 fully saturated rings. The molecule has 100 valence electrons. The normalized spacial score (nSPS) is 13.8. The van der Waals surface area contributed by atoms with Crippen molar-refractivity contribution in [2.75, 3.05) is 14.2 Å². The zero-order valence-corrected chi connectivity index (χ0v) is 10.9. The monoisotopic (exact) mass is 253 g/mol. The first-order valence-electron chi connectivity index (χ1n) is 5.59. The molecule has 0 bridgehead atoms. The highest BCUT2D eigenvalue weighted by molar-refractivity contribution is 5.68. The van der Waals surface area contributed by atoms with Crippen LogP contribution in [0, 0.1) is 0 Å². The van der Waals surface area contributed by atoms with Gasteiger partial charge in [-0.2, -0.15) is 0 Å². The molecule has 0 spiro atoms. The lowest BCUT2D eigenvalue weighted by Gasteiger charge is -2.23. The van der Waals surface area contributed by atoms with Crippen molar-refractivity contribution in [3.63, 3.8) is 0 Å². The van der Waals surface area contributed by atoms with Crippen LogP contribution in [-0.4, -0.2) is 30.8 Å². The largest absolute Gasteiger partial charge is 0.493 e. The van der Waals surface area contributed by atoms with Gasteiger partial charge in [-0.05, 0) is 31.0 Å². The Bertz CT molecular complexity index is 429. The van der Waals surface area contributed by atoms with Gasteiger partial charge >= 0.3 is 5.97 Å². The Morgan fingerprint density at radius 1 is 1.33 bits per heavy atom. The van der Waals surface area contributed by atoms with Gasteiger partial charge in [0.05, 0.1) is 20.6 Å². The number of carboxylic acids is 1.